The van der Waals surface area contributed by atoms with Crippen molar-refractivity contribution in [2.75, 3.05) is 6.54 Å². The Hall–Kier alpha value is -2.25. The van der Waals surface area contributed by atoms with Crippen LogP contribution in [0.1, 0.15) is 46.3 Å². The Morgan fingerprint density at radius 1 is 1.22 bits per heavy atom. The third-order valence-corrected chi connectivity index (χ3v) is 7.00. The van der Waals surface area contributed by atoms with E-state index >= 15 is 0 Å². The predicted molar refractivity (Wildman–Crippen MR) is 102 cm³/mol. The van der Waals surface area contributed by atoms with Gasteiger partial charge in [-0.2, -0.15) is 0 Å². The molecule has 6 nitrogen and oxygen atoms in total. The van der Waals surface area contributed by atoms with E-state index < -0.39 is 10.0 Å². The minimum atomic E-state index is -3.51. The molecule has 1 saturated carbocycles. The van der Waals surface area contributed by atoms with Crippen LogP contribution in [0, 0.1) is 6.92 Å². The third kappa shape index (κ3) is 3.61. The molecule has 142 valence electrons. The Morgan fingerprint density at radius 2 is 2.04 bits per heavy atom. The van der Waals surface area contributed by atoms with Crippen LogP contribution in [0.15, 0.2) is 41.6 Å². The maximum absolute atomic E-state index is 12.9. The van der Waals surface area contributed by atoms with Crippen LogP contribution in [0.4, 0.5) is 0 Å². The average molecular weight is 385 g/mol. The van der Waals surface area contributed by atoms with Gasteiger partial charge in [0.1, 0.15) is 0 Å². The molecule has 1 amide bonds. The van der Waals surface area contributed by atoms with E-state index in [2.05, 4.69) is 9.71 Å². The summed E-state index contributed by atoms with van der Waals surface area (Å²) in [6.07, 6.45) is 6.85. The quantitative estimate of drug-likeness (QED) is 0.877. The lowest BCUT2D eigenvalue weighted by Gasteiger charge is -2.30. The summed E-state index contributed by atoms with van der Waals surface area (Å²) in [6.45, 7) is 2.92. The number of hydrogen-bond acceptors (Lipinski definition) is 4. The summed E-state index contributed by atoms with van der Waals surface area (Å²) in [6, 6.07) is 7.13. The number of rotatable bonds is 4. The van der Waals surface area contributed by atoms with Crippen LogP contribution in [0.5, 0.6) is 0 Å². The largest absolute Gasteiger partial charge is 0.334 e. The molecule has 2 aliphatic rings. The van der Waals surface area contributed by atoms with Crippen molar-refractivity contribution in [2.24, 2.45) is 0 Å². The Labute approximate surface area is 159 Å². The van der Waals surface area contributed by atoms with Crippen LogP contribution in [0.2, 0.25) is 0 Å². The fraction of sp³-hybridized carbons (Fsp3) is 0.400. The van der Waals surface area contributed by atoms with Crippen LogP contribution in [-0.2, 0) is 23.0 Å². The summed E-state index contributed by atoms with van der Waals surface area (Å²) < 4.78 is 28.0. The number of carbonyl (C=O) groups excluding carboxylic acids is 1. The zero-order valence-corrected chi connectivity index (χ0v) is 16.1. The second kappa shape index (κ2) is 7.05. The highest BCUT2D eigenvalue weighted by Gasteiger charge is 2.27. The number of carbonyl (C=O) groups is 1. The highest BCUT2D eigenvalue weighted by molar-refractivity contribution is 7.89. The maximum Gasteiger partial charge on any atom is 0.255 e. The van der Waals surface area contributed by atoms with E-state index in [1.807, 2.05) is 19.1 Å². The van der Waals surface area contributed by atoms with E-state index in [4.69, 9.17) is 0 Å². The number of amides is 1. The lowest BCUT2D eigenvalue weighted by molar-refractivity contribution is 0.0733. The summed E-state index contributed by atoms with van der Waals surface area (Å²) in [4.78, 5) is 19.0. The molecule has 0 unspecified atom stereocenters. The van der Waals surface area contributed by atoms with Gasteiger partial charge in [-0.15, -0.1) is 0 Å². The first-order valence-corrected chi connectivity index (χ1v) is 10.8. The minimum Gasteiger partial charge on any atom is -0.334 e. The second-order valence-electron chi connectivity index (χ2n) is 7.35. The summed E-state index contributed by atoms with van der Waals surface area (Å²) >= 11 is 0. The molecular weight excluding hydrogens is 362 g/mol. The molecule has 2 aromatic rings. The van der Waals surface area contributed by atoms with Crippen molar-refractivity contribution < 1.29 is 13.2 Å². The van der Waals surface area contributed by atoms with Crippen molar-refractivity contribution in [2.45, 2.75) is 50.1 Å². The fourth-order valence-electron chi connectivity index (χ4n) is 3.55. The summed E-state index contributed by atoms with van der Waals surface area (Å²) in [5.74, 6) is -0.0629. The number of aryl methyl sites for hydroxylation is 1. The number of fused-ring (bicyclic) bond motifs is 1. The van der Waals surface area contributed by atoms with Gasteiger partial charge in [-0.05, 0) is 61.1 Å². The highest BCUT2D eigenvalue weighted by atomic mass is 32.2. The van der Waals surface area contributed by atoms with E-state index in [1.54, 1.807) is 29.4 Å². The summed E-state index contributed by atoms with van der Waals surface area (Å²) in [5.41, 5.74) is 3.48. The lowest BCUT2D eigenvalue weighted by atomic mass is 9.94. The Morgan fingerprint density at radius 3 is 2.74 bits per heavy atom. The molecule has 1 N–H and O–H groups in total. The van der Waals surface area contributed by atoms with Crippen molar-refractivity contribution in [1.29, 1.82) is 0 Å². The standard InChI is InChI=1S/C20H23N3O3S/c1-14-7-9-21-12-19(14)20(24)23-10-8-15-5-6-18(11-16(15)13-23)27(25,26)22-17-3-2-4-17/h5-7,9,11-12,17,22H,2-4,8,10,13H2,1H3. The SMILES string of the molecule is Cc1ccncc1C(=O)N1CCc2ccc(S(=O)(=O)NC3CCC3)cc2C1. The van der Waals surface area contributed by atoms with Gasteiger partial charge in [0, 0.05) is 31.5 Å². The number of sulfonamides is 1. The first-order valence-electron chi connectivity index (χ1n) is 9.28. The molecule has 0 atom stereocenters. The molecule has 0 spiro atoms. The number of benzene rings is 1. The van der Waals surface area contributed by atoms with Crippen molar-refractivity contribution >= 4 is 15.9 Å². The number of nitrogens with zero attached hydrogens (tertiary/aromatic N) is 2. The van der Waals surface area contributed by atoms with Crippen molar-refractivity contribution in [3.05, 3.63) is 58.9 Å². The van der Waals surface area contributed by atoms with Crippen LogP contribution in [0.25, 0.3) is 0 Å². The topological polar surface area (TPSA) is 79.4 Å². The molecule has 27 heavy (non-hydrogen) atoms. The normalized spacial score (nSPS) is 17.3. The van der Waals surface area contributed by atoms with Crippen molar-refractivity contribution in [3.63, 3.8) is 0 Å². The molecule has 1 aromatic heterocycles. The molecule has 1 aliphatic heterocycles. The third-order valence-electron chi connectivity index (χ3n) is 5.48. The zero-order chi connectivity index (χ0) is 19.0. The second-order valence-corrected chi connectivity index (χ2v) is 9.06. The van der Waals surface area contributed by atoms with Gasteiger partial charge in [-0.3, -0.25) is 9.78 Å². The van der Waals surface area contributed by atoms with Gasteiger partial charge in [-0.25, -0.2) is 13.1 Å². The van der Waals surface area contributed by atoms with Gasteiger partial charge in [0.25, 0.3) is 5.91 Å². The van der Waals surface area contributed by atoms with Crippen LogP contribution in [-0.4, -0.2) is 36.8 Å². The highest BCUT2D eigenvalue weighted by Crippen LogP contribution is 2.26. The van der Waals surface area contributed by atoms with Gasteiger partial charge in [0.15, 0.2) is 0 Å². The van der Waals surface area contributed by atoms with Crippen molar-refractivity contribution in [3.8, 4) is 0 Å². The molecule has 7 heteroatoms. The summed E-state index contributed by atoms with van der Waals surface area (Å²) in [7, 11) is -3.51. The molecule has 0 saturated heterocycles. The van der Waals surface area contributed by atoms with E-state index in [0.29, 0.717) is 18.7 Å². The van der Waals surface area contributed by atoms with E-state index in [0.717, 1.165) is 42.4 Å². The summed E-state index contributed by atoms with van der Waals surface area (Å²) in [5, 5.41) is 0. The number of hydrogen-bond donors (Lipinski definition) is 1. The van der Waals surface area contributed by atoms with Gasteiger partial charge in [0.2, 0.25) is 10.0 Å². The minimum absolute atomic E-state index is 0.0534. The van der Waals surface area contributed by atoms with Crippen molar-refractivity contribution in [1.82, 2.24) is 14.6 Å². The average Bonchev–Trinajstić information content (AvgIpc) is 2.64. The zero-order valence-electron chi connectivity index (χ0n) is 15.3. The van der Waals surface area contributed by atoms with Crippen LogP contribution < -0.4 is 4.72 Å². The number of pyridine rings is 1. The molecular formula is C20H23N3O3S. The van der Waals surface area contributed by atoms with Gasteiger partial charge >= 0.3 is 0 Å². The van der Waals surface area contributed by atoms with Gasteiger partial charge in [0.05, 0.1) is 10.5 Å². The molecule has 2 heterocycles. The van der Waals surface area contributed by atoms with Crippen LogP contribution >= 0.6 is 0 Å². The number of aromatic nitrogens is 1. The Bertz CT molecular complexity index is 984. The molecule has 4 rings (SSSR count). The van der Waals surface area contributed by atoms with E-state index in [-0.39, 0.29) is 16.8 Å². The van der Waals surface area contributed by atoms with Gasteiger partial charge < -0.3 is 4.90 Å². The first kappa shape index (κ1) is 18.1. The lowest BCUT2D eigenvalue weighted by Crippen LogP contribution is -2.39. The monoisotopic (exact) mass is 385 g/mol. The Kier molecular flexibility index (Phi) is 4.74. The fourth-order valence-corrected chi connectivity index (χ4v) is 4.90. The molecule has 1 aromatic carbocycles. The first-order chi connectivity index (χ1) is 12.9. The molecule has 1 aliphatic carbocycles. The van der Waals surface area contributed by atoms with Crippen LogP contribution in [0.3, 0.4) is 0 Å². The molecule has 0 radical (unpaired) electrons. The molecule has 1 fully saturated rings. The van der Waals surface area contributed by atoms with Gasteiger partial charge in [-0.1, -0.05) is 12.5 Å². The predicted octanol–water partition coefficient (Wildman–Crippen LogP) is 2.42. The Balaban J connectivity index is 1.56. The number of nitrogens with one attached hydrogen (secondary N) is 1. The molecule has 0 bridgehead atoms. The maximum atomic E-state index is 12.9. The van der Waals surface area contributed by atoms with E-state index in [9.17, 15) is 13.2 Å². The smallest absolute Gasteiger partial charge is 0.255 e. The van der Waals surface area contributed by atoms with E-state index in [1.165, 1.54) is 0 Å².